The van der Waals surface area contributed by atoms with Crippen LogP contribution in [0.5, 0.6) is 0 Å². The second-order valence-electron chi connectivity index (χ2n) is 6.40. The second kappa shape index (κ2) is 5.68. The van der Waals surface area contributed by atoms with Gasteiger partial charge in [-0.1, -0.05) is 84.9 Å². The van der Waals surface area contributed by atoms with E-state index in [1.54, 1.807) is 0 Å². The van der Waals surface area contributed by atoms with E-state index in [1.165, 1.54) is 11.1 Å². The van der Waals surface area contributed by atoms with Gasteiger partial charge in [-0.25, -0.2) is 0 Å². The predicted molar refractivity (Wildman–Crippen MR) is 93.4 cm³/mol. The third kappa shape index (κ3) is 2.47. The quantitative estimate of drug-likeness (QED) is 0.730. The van der Waals surface area contributed by atoms with Crippen molar-refractivity contribution in [3.8, 4) is 0 Å². The fourth-order valence-corrected chi connectivity index (χ4v) is 3.85. The minimum atomic E-state index is -0.920. The lowest BCUT2D eigenvalue weighted by molar-refractivity contribution is 0.0544. The maximum atomic E-state index is 11.6. The molecule has 0 bridgehead atoms. The minimum Gasteiger partial charge on any atom is -0.380 e. The van der Waals surface area contributed by atoms with Crippen LogP contribution in [0.25, 0.3) is 0 Å². The second-order valence-corrected chi connectivity index (χ2v) is 6.40. The van der Waals surface area contributed by atoms with Gasteiger partial charge in [0.15, 0.2) is 0 Å². The fraction of sp³-hybridized carbons (Fsp3) is 0.182. The lowest BCUT2D eigenvalue weighted by Gasteiger charge is -2.39. The summed E-state index contributed by atoms with van der Waals surface area (Å²) in [6.07, 6.45) is 1.70. The zero-order valence-corrected chi connectivity index (χ0v) is 13.0. The SMILES string of the molecule is O[C@@]1(c2ccccc2)C[C@@H](c2ccccc2)Cc2ccccc21. The summed E-state index contributed by atoms with van der Waals surface area (Å²) < 4.78 is 0. The lowest BCUT2D eigenvalue weighted by Crippen LogP contribution is -2.35. The molecule has 1 aliphatic rings. The van der Waals surface area contributed by atoms with Gasteiger partial charge in [0.2, 0.25) is 0 Å². The Morgan fingerprint density at radius 1 is 0.739 bits per heavy atom. The highest BCUT2D eigenvalue weighted by Crippen LogP contribution is 2.45. The van der Waals surface area contributed by atoms with Crippen LogP contribution in [0.3, 0.4) is 0 Å². The number of rotatable bonds is 2. The first kappa shape index (κ1) is 14.2. The van der Waals surface area contributed by atoms with Gasteiger partial charge in [-0.05, 0) is 41.0 Å². The number of benzene rings is 3. The molecule has 0 saturated carbocycles. The van der Waals surface area contributed by atoms with Gasteiger partial charge in [-0.15, -0.1) is 0 Å². The van der Waals surface area contributed by atoms with E-state index in [0.29, 0.717) is 5.92 Å². The Balaban J connectivity index is 1.85. The minimum absolute atomic E-state index is 0.330. The molecule has 1 heteroatoms. The van der Waals surface area contributed by atoms with E-state index in [1.807, 2.05) is 42.5 Å². The summed E-state index contributed by atoms with van der Waals surface area (Å²) in [4.78, 5) is 0. The Labute approximate surface area is 137 Å². The topological polar surface area (TPSA) is 20.2 Å². The molecule has 0 amide bonds. The molecular formula is C22H20O. The van der Waals surface area contributed by atoms with Crippen molar-refractivity contribution in [1.29, 1.82) is 0 Å². The molecule has 0 spiro atoms. The van der Waals surface area contributed by atoms with Crippen LogP contribution >= 0.6 is 0 Å². The van der Waals surface area contributed by atoms with Gasteiger partial charge in [0.25, 0.3) is 0 Å². The Kier molecular flexibility index (Phi) is 3.51. The van der Waals surface area contributed by atoms with Crippen LogP contribution < -0.4 is 0 Å². The largest absolute Gasteiger partial charge is 0.380 e. The Hall–Kier alpha value is -2.38. The Bertz CT molecular complexity index is 794. The molecule has 0 unspecified atom stereocenters. The molecule has 0 aromatic heterocycles. The van der Waals surface area contributed by atoms with E-state index in [0.717, 1.165) is 24.0 Å². The molecule has 3 aromatic carbocycles. The number of hydrogen-bond donors (Lipinski definition) is 1. The van der Waals surface area contributed by atoms with Crippen molar-refractivity contribution in [3.63, 3.8) is 0 Å². The molecule has 0 fully saturated rings. The van der Waals surface area contributed by atoms with Crippen LogP contribution in [-0.2, 0) is 12.0 Å². The van der Waals surface area contributed by atoms with E-state index in [9.17, 15) is 5.11 Å². The molecule has 0 aliphatic heterocycles. The van der Waals surface area contributed by atoms with Gasteiger partial charge in [0.05, 0.1) is 0 Å². The molecule has 114 valence electrons. The maximum Gasteiger partial charge on any atom is 0.115 e. The zero-order valence-electron chi connectivity index (χ0n) is 13.0. The van der Waals surface area contributed by atoms with E-state index >= 15 is 0 Å². The first-order valence-corrected chi connectivity index (χ1v) is 8.18. The summed E-state index contributed by atoms with van der Waals surface area (Å²) in [5.41, 5.74) is 3.66. The van der Waals surface area contributed by atoms with Crippen molar-refractivity contribution < 1.29 is 5.11 Å². The summed E-state index contributed by atoms with van der Waals surface area (Å²) in [5.74, 6) is 0.330. The third-order valence-corrected chi connectivity index (χ3v) is 4.99. The Morgan fingerprint density at radius 3 is 2.09 bits per heavy atom. The van der Waals surface area contributed by atoms with Gasteiger partial charge in [0, 0.05) is 0 Å². The summed E-state index contributed by atoms with van der Waals surface area (Å²) in [7, 11) is 0. The molecule has 2 atom stereocenters. The summed E-state index contributed by atoms with van der Waals surface area (Å²) >= 11 is 0. The number of hydrogen-bond acceptors (Lipinski definition) is 1. The Morgan fingerprint density at radius 2 is 1.35 bits per heavy atom. The van der Waals surface area contributed by atoms with Crippen LogP contribution in [-0.4, -0.2) is 5.11 Å². The average Bonchev–Trinajstić information content (AvgIpc) is 2.63. The highest BCUT2D eigenvalue weighted by Gasteiger charge is 2.40. The lowest BCUT2D eigenvalue weighted by atomic mass is 9.69. The molecule has 23 heavy (non-hydrogen) atoms. The molecule has 0 radical (unpaired) electrons. The fourth-order valence-electron chi connectivity index (χ4n) is 3.85. The van der Waals surface area contributed by atoms with Crippen LogP contribution in [0.2, 0.25) is 0 Å². The highest BCUT2D eigenvalue weighted by atomic mass is 16.3. The molecule has 3 aromatic rings. The van der Waals surface area contributed by atoms with E-state index in [-0.39, 0.29) is 0 Å². The van der Waals surface area contributed by atoms with Crippen molar-refractivity contribution in [1.82, 2.24) is 0 Å². The molecular weight excluding hydrogens is 280 g/mol. The van der Waals surface area contributed by atoms with E-state index < -0.39 is 5.60 Å². The number of fused-ring (bicyclic) bond motifs is 1. The summed E-state index contributed by atoms with van der Waals surface area (Å²) in [6, 6.07) is 28.9. The summed E-state index contributed by atoms with van der Waals surface area (Å²) in [6.45, 7) is 0. The van der Waals surface area contributed by atoms with E-state index in [2.05, 4.69) is 42.5 Å². The standard InChI is InChI=1S/C22H20O/c23-22(20-12-5-2-6-13-20)16-19(17-9-3-1-4-10-17)15-18-11-7-8-14-21(18)22/h1-14,19,23H,15-16H2/t19-,22+/m0/s1. The molecule has 1 aliphatic carbocycles. The highest BCUT2D eigenvalue weighted by molar-refractivity contribution is 5.45. The van der Waals surface area contributed by atoms with Crippen LogP contribution in [0.1, 0.15) is 34.6 Å². The van der Waals surface area contributed by atoms with Crippen molar-refractivity contribution in [2.75, 3.05) is 0 Å². The van der Waals surface area contributed by atoms with Crippen molar-refractivity contribution in [2.24, 2.45) is 0 Å². The molecule has 0 saturated heterocycles. The van der Waals surface area contributed by atoms with E-state index in [4.69, 9.17) is 0 Å². The first-order valence-electron chi connectivity index (χ1n) is 8.18. The average molecular weight is 300 g/mol. The van der Waals surface area contributed by atoms with Crippen LogP contribution in [0.15, 0.2) is 84.9 Å². The van der Waals surface area contributed by atoms with Crippen LogP contribution in [0.4, 0.5) is 0 Å². The van der Waals surface area contributed by atoms with Gasteiger partial charge in [-0.2, -0.15) is 0 Å². The maximum absolute atomic E-state index is 11.6. The van der Waals surface area contributed by atoms with Crippen LogP contribution in [0, 0.1) is 0 Å². The van der Waals surface area contributed by atoms with Gasteiger partial charge >= 0.3 is 0 Å². The molecule has 0 heterocycles. The van der Waals surface area contributed by atoms with Gasteiger partial charge in [0.1, 0.15) is 5.60 Å². The molecule has 1 N–H and O–H groups in total. The third-order valence-electron chi connectivity index (χ3n) is 4.99. The predicted octanol–water partition coefficient (Wildman–Crippen LogP) is 4.65. The van der Waals surface area contributed by atoms with Crippen molar-refractivity contribution in [2.45, 2.75) is 24.4 Å². The van der Waals surface area contributed by atoms with Crippen molar-refractivity contribution >= 4 is 0 Å². The zero-order chi connectivity index (χ0) is 15.7. The van der Waals surface area contributed by atoms with Crippen molar-refractivity contribution in [3.05, 3.63) is 107 Å². The smallest absolute Gasteiger partial charge is 0.115 e. The normalized spacial score (nSPS) is 23.3. The first-order chi connectivity index (χ1) is 11.3. The summed E-state index contributed by atoms with van der Waals surface area (Å²) in [5, 5.41) is 11.6. The molecule has 4 rings (SSSR count). The van der Waals surface area contributed by atoms with Gasteiger partial charge < -0.3 is 5.11 Å². The van der Waals surface area contributed by atoms with Gasteiger partial charge in [-0.3, -0.25) is 0 Å². The monoisotopic (exact) mass is 300 g/mol. The molecule has 1 nitrogen and oxygen atoms in total. The number of aliphatic hydroxyl groups is 1.